The first-order chi connectivity index (χ1) is 13.3. The molecule has 0 bridgehead atoms. The predicted molar refractivity (Wildman–Crippen MR) is 120 cm³/mol. The summed E-state index contributed by atoms with van der Waals surface area (Å²) < 4.78 is 14.9. The zero-order valence-corrected chi connectivity index (χ0v) is 18.0. The Bertz CT molecular complexity index is 864. The smallest absolute Gasteiger partial charge is 0.191 e. The normalized spacial score (nSPS) is 11.0. The van der Waals surface area contributed by atoms with Crippen molar-refractivity contribution in [3.8, 4) is 5.69 Å². The van der Waals surface area contributed by atoms with Gasteiger partial charge in [-0.05, 0) is 43.2 Å². The summed E-state index contributed by atoms with van der Waals surface area (Å²) in [5.74, 6) is 1.25. The maximum atomic E-state index is 13.0. The van der Waals surface area contributed by atoms with Crippen LogP contribution in [0, 0.1) is 5.82 Å². The number of benzene rings is 2. The molecule has 2 N–H and O–H groups in total. The number of hydrogen-bond donors (Lipinski definition) is 2. The van der Waals surface area contributed by atoms with Crippen LogP contribution in [-0.2, 0) is 13.0 Å². The van der Waals surface area contributed by atoms with Crippen molar-refractivity contribution in [3.63, 3.8) is 0 Å². The molecule has 1 aromatic heterocycles. The molecule has 0 fully saturated rings. The van der Waals surface area contributed by atoms with Gasteiger partial charge < -0.3 is 10.6 Å². The SMILES string of the molecule is CCNC(=NCc1nncn1-c1ccccc1)NCCc1ccc(F)cc1.I. The second-order valence-electron chi connectivity index (χ2n) is 5.95. The molecule has 0 aliphatic rings. The second-order valence-corrected chi connectivity index (χ2v) is 5.95. The molecule has 0 amide bonds. The minimum Gasteiger partial charge on any atom is -0.357 e. The Morgan fingerprint density at radius 2 is 1.82 bits per heavy atom. The van der Waals surface area contributed by atoms with E-state index in [4.69, 9.17) is 0 Å². The van der Waals surface area contributed by atoms with Crippen molar-refractivity contribution in [1.29, 1.82) is 0 Å². The van der Waals surface area contributed by atoms with Crippen molar-refractivity contribution >= 4 is 29.9 Å². The van der Waals surface area contributed by atoms with E-state index < -0.39 is 0 Å². The second kappa shape index (κ2) is 11.4. The lowest BCUT2D eigenvalue weighted by atomic mass is 10.1. The molecular formula is C20H24FIN6. The number of nitrogens with zero attached hydrogens (tertiary/aromatic N) is 4. The van der Waals surface area contributed by atoms with Crippen LogP contribution in [0.4, 0.5) is 4.39 Å². The largest absolute Gasteiger partial charge is 0.357 e. The van der Waals surface area contributed by atoms with Crippen LogP contribution in [0.2, 0.25) is 0 Å². The van der Waals surface area contributed by atoms with Crippen molar-refractivity contribution in [2.75, 3.05) is 13.1 Å². The fourth-order valence-corrected chi connectivity index (χ4v) is 2.64. The first-order valence-corrected chi connectivity index (χ1v) is 8.97. The molecule has 0 saturated carbocycles. The van der Waals surface area contributed by atoms with Crippen LogP contribution < -0.4 is 10.6 Å². The molecule has 1 heterocycles. The predicted octanol–water partition coefficient (Wildman–Crippen LogP) is 3.32. The highest BCUT2D eigenvalue weighted by atomic mass is 127. The molecule has 2 aromatic carbocycles. The van der Waals surface area contributed by atoms with Gasteiger partial charge in [-0.25, -0.2) is 9.38 Å². The number of rotatable bonds is 7. The third-order valence-corrected chi connectivity index (χ3v) is 3.99. The fourth-order valence-electron chi connectivity index (χ4n) is 2.64. The summed E-state index contributed by atoms with van der Waals surface area (Å²) in [7, 11) is 0. The van der Waals surface area contributed by atoms with E-state index in [-0.39, 0.29) is 29.8 Å². The number of nitrogens with one attached hydrogen (secondary N) is 2. The molecule has 148 valence electrons. The van der Waals surface area contributed by atoms with E-state index in [1.54, 1.807) is 18.5 Å². The van der Waals surface area contributed by atoms with Gasteiger partial charge in [-0.3, -0.25) is 4.57 Å². The Morgan fingerprint density at radius 1 is 1.07 bits per heavy atom. The Morgan fingerprint density at radius 3 is 2.54 bits per heavy atom. The van der Waals surface area contributed by atoms with E-state index >= 15 is 0 Å². The van der Waals surface area contributed by atoms with Gasteiger partial charge in [-0.2, -0.15) is 0 Å². The van der Waals surface area contributed by atoms with Crippen LogP contribution in [0.15, 0.2) is 65.9 Å². The van der Waals surface area contributed by atoms with Crippen LogP contribution in [0.25, 0.3) is 5.69 Å². The van der Waals surface area contributed by atoms with Crippen molar-refractivity contribution < 1.29 is 4.39 Å². The third-order valence-electron chi connectivity index (χ3n) is 3.99. The van der Waals surface area contributed by atoms with E-state index in [1.807, 2.05) is 41.8 Å². The monoisotopic (exact) mass is 494 g/mol. The Balaban J connectivity index is 0.00000280. The number of para-hydroxylation sites is 1. The molecule has 3 aromatic rings. The molecule has 0 saturated heterocycles. The van der Waals surface area contributed by atoms with E-state index in [0.29, 0.717) is 19.0 Å². The molecule has 28 heavy (non-hydrogen) atoms. The molecule has 0 atom stereocenters. The Hall–Kier alpha value is -2.49. The standard InChI is InChI=1S/C20H23FN6.HI/c1-2-22-20(23-13-12-16-8-10-17(21)11-9-16)24-14-19-26-25-15-27(19)18-6-4-3-5-7-18;/h3-11,15H,2,12-14H2,1H3,(H2,22,23,24);1H. The van der Waals surface area contributed by atoms with Gasteiger partial charge in [0.1, 0.15) is 18.7 Å². The Labute approximate surface area is 181 Å². The van der Waals surface area contributed by atoms with E-state index in [2.05, 4.69) is 25.8 Å². The summed E-state index contributed by atoms with van der Waals surface area (Å²) in [6, 6.07) is 16.5. The van der Waals surface area contributed by atoms with Gasteiger partial charge in [-0.15, -0.1) is 34.2 Å². The summed E-state index contributed by atoms with van der Waals surface area (Å²) in [6.07, 6.45) is 2.47. The molecule has 8 heteroatoms. The lowest BCUT2D eigenvalue weighted by molar-refractivity contribution is 0.626. The molecule has 0 aliphatic carbocycles. The molecule has 3 rings (SSSR count). The minimum absolute atomic E-state index is 0. The molecule has 0 aliphatic heterocycles. The molecule has 0 radical (unpaired) electrons. The maximum Gasteiger partial charge on any atom is 0.191 e. The number of guanidine groups is 1. The van der Waals surface area contributed by atoms with Gasteiger partial charge in [0.15, 0.2) is 11.8 Å². The van der Waals surface area contributed by atoms with Gasteiger partial charge in [-0.1, -0.05) is 30.3 Å². The zero-order valence-electron chi connectivity index (χ0n) is 15.7. The van der Waals surface area contributed by atoms with Crippen LogP contribution in [-0.4, -0.2) is 33.8 Å². The summed E-state index contributed by atoms with van der Waals surface area (Å²) in [5, 5.41) is 14.7. The quantitative estimate of drug-likeness (QED) is 0.301. The van der Waals surface area contributed by atoms with Crippen LogP contribution in [0.1, 0.15) is 18.3 Å². The molecule has 0 spiro atoms. The maximum absolute atomic E-state index is 13.0. The minimum atomic E-state index is -0.218. The van der Waals surface area contributed by atoms with Gasteiger partial charge in [0.2, 0.25) is 0 Å². The average Bonchev–Trinajstić information content (AvgIpc) is 3.17. The third kappa shape index (κ3) is 6.29. The van der Waals surface area contributed by atoms with E-state index in [0.717, 1.165) is 30.0 Å². The fraction of sp³-hybridized carbons (Fsp3) is 0.250. The van der Waals surface area contributed by atoms with Crippen molar-refractivity contribution in [3.05, 3.63) is 78.1 Å². The number of aromatic nitrogens is 3. The number of halogens is 2. The van der Waals surface area contributed by atoms with Crippen molar-refractivity contribution in [1.82, 2.24) is 25.4 Å². The highest BCUT2D eigenvalue weighted by Crippen LogP contribution is 2.09. The molecule has 0 unspecified atom stereocenters. The first kappa shape index (κ1) is 21.8. The first-order valence-electron chi connectivity index (χ1n) is 8.97. The Kier molecular flexibility index (Phi) is 8.86. The van der Waals surface area contributed by atoms with Crippen molar-refractivity contribution in [2.24, 2.45) is 4.99 Å². The summed E-state index contributed by atoms with van der Waals surface area (Å²) in [4.78, 5) is 4.60. The topological polar surface area (TPSA) is 67.1 Å². The average molecular weight is 494 g/mol. The summed E-state index contributed by atoms with van der Waals surface area (Å²) in [5.41, 5.74) is 2.07. The number of aliphatic imine (C=N–C) groups is 1. The zero-order chi connectivity index (χ0) is 18.9. The summed E-state index contributed by atoms with van der Waals surface area (Å²) >= 11 is 0. The van der Waals surface area contributed by atoms with E-state index in [9.17, 15) is 4.39 Å². The van der Waals surface area contributed by atoms with Gasteiger partial charge in [0.25, 0.3) is 0 Å². The van der Waals surface area contributed by atoms with Gasteiger partial charge >= 0.3 is 0 Å². The van der Waals surface area contributed by atoms with Crippen LogP contribution >= 0.6 is 24.0 Å². The van der Waals surface area contributed by atoms with Crippen molar-refractivity contribution in [2.45, 2.75) is 19.9 Å². The molecular weight excluding hydrogens is 470 g/mol. The van der Waals surface area contributed by atoms with Crippen LogP contribution in [0.5, 0.6) is 0 Å². The van der Waals surface area contributed by atoms with Crippen LogP contribution in [0.3, 0.4) is 0 Å². The number of hydrogen-bond acceptors (Lipinski definition) is 3. The van der Waals surface area contributed by atoms with Gasteiger partial charge in [0, 0.05) is 18.8 Å². The lowest BCUT2D eigenvalue weighted by Crippen LogP contribution is -2.38. The van der Waals surface area contributed by atoms with E-state index in [1.165, 1.54) is 12.1 Å². The molecule has 6 nitrogen and oxygen atoms in total. The highest BCUT2D eigenvalue weighted by Gasteiger charge is 2.06. The van der Waals surface area contributed by atoms with Gasteiger partial charge in [0.05, 0.1) is 0 Å². The summed E-state index contributed by atoms with van der Waals surface area (Å²) in [6.45, 7) is 3.88. The highest BCUT2D eigenvalue weighted by molar-refractivity contribution is 14.0. The lowest BCUT2D eigenvalue weighted by Gasteiger charge is -2.11.